The van der Waals surface area contributed by atoms with Gasteiger partial charge in [0.15, 0.2) is 0 Å². The molecule has 116 valence electrons. The molecule has 1 aromatic rings. The molecule has 1 aromatic carbocycles. The minimum absolute atomic E-state index is 0.223. The third kappa shape index (κ3) is 2.89. The van der Waals surface area contributed by atoms with Crippen LogP contribution in [0.15, 0.2) is 23.1 Å². The topological polar surface area (TPSA) is 49.9 Å². The molecule has 0 bridgehead atoms. The number of carbonyl (C=O) groups is 2. The molecule has 0 radical (unpaired) electrons. The summed E-state index contributed by atoms with van der Waals surface area (Å²) in [6, 6.07) is 6.18. The van der Waals surface area contributed by atoms with Gasteiger partial charge in [-0.3, -0.25) is 14.5 Å². The fraction of sp³-hybridized carbons (Fsp3) is 0.375. The summed E-state index contributed by atoms with van der Waals surface area (Å²) in [7, 11) is 1.51. The first-order valence-corrected chi connectivity index (χ1v) is 8.03. The zero-order valence-electron chi connectivity index (χ0n) is 12.7. The molecular weight excluding hydrogens is 300 g/mol. The first-order chi connectivity index (χ1) is 10.6. The zero-order chi connectivity index (χ0) is 15.7. The van der Waals surface area contributed by atoms with Crippen molar-refractivity contribution >= 4 is 34.7 Å². The molecule has 0 aromatic heterocycles. The summed E-state index contributed by atoms with van der Waals surface area (Å²) in [6.45, 7) is 5.32. The number of morpholine rings is 1. The van der Waals surface area contributed by atoms with Gasteiger partial charge in [0.2, 0.25) is 0 Å². The van der Waals surface area contributed by atoms with Crippen LogP contribution in [0.5, 0.6) is 0 Å². The second-order valence-electron chi connectivity index (χ2n) is 5.38. The number of anilines is 1. The Bertz CT molecular complexity index is 651. The van der Waals surface area contributed by atoms with Crippen molar-refractivity contribution in [1.82, 2.24) is 4.90 Å². The molecule has 0 unspecified atom stereocenters. The molecular formula is C16H18N2O3S. The number of ether oxygens (including phenoxy) is 1. The predicted octanol–water partition coefficient (Wildman–Crippen LogP) is 2.50. The molecule has 0 N–H and O–H groups in total. The van der Waals surface area contributed by atoms with E-state index in [1.54, 1.807) is 6.08 Å². The Morgan fingerprint density at radius 3 is 2.55 bits per heavy atom. The summed E-state index contributed by atoms with van der Waals surface area (Å²) in [4.78, 5) is 27.4. The van der Waals surface area contributed by atoms with Crippen LogP contribution in [-0.2, 0) is 9.53 Å². The lowest BCUT2D eigenvalue weighted by atomic mass is 10.1. The summed E-state index contributed by atoms with van der Waals surface area (Å²) < 4.78 is 5.37. The van der Waals surface area contributed by atoms with Crippen LogP contribution in [-0.4, -0.2) is 49.4 Å². The van der Waals surface area contributed by atoms with Gasteiger partial charge in [-0.05, 0) is 48.0 Å². The average molecular weight is 318 g/mol. The molecule has 0 saturated carbocycles. The van der Waals surface area contributed by atoms with Gasteiger partial charge in [0, 0.05) is 25.8 Å². The highest BCUT2D eigenvalue weighted by Gasteiger charge is 2.31. The molecule has 2 fully saturated rings. The van der Waals surface area contributed by atoms with Gasteiger partial charge in [0.1, 0.15) is 0 Å². The predicted molar refractivity (Wildman–Crippen MR) is 87.9 cm³/mol. The van der Waals surface area contributed by atoms with Gasteiger partial charge in [-0.15, -0.1) is 0 Å². The monoisotopic (exact) mass is 318 g/mol. The molecule has 0 atom stereocenters. The van der Waals surface area contributed by atoms with Crippen molar-refractivity contribution < 1.29 is 14.3 Å². The number of rotatable bonds is 2. The first-order valence-electron chi connectivity index (χ1n) is 7.21. The molecule has 3 rings (SSSR count). The molecule has 2 saturated heterocycles. The van der Waals surface area contributed by atoms with Gasteiger partial charge in [0.25, 0.3) is 11.1 Å². The van der Waals surface area contributed by atoms with Crippen molar-refractivity contribution in [2.75, 3.05) is 38.3 Å². The van der Waals surface area contributed by atoms with Crippen molar-refractivity contribution in [3.8, 4) is 0 Å². The van der Waals surface area contributed by atoms with Gasteiger partial charge < -0.3 is 9.64 Å². The Kier molecular flexibility index (Phi) is 4.22. The van der Waals surface area contributed by atoms with Crippen LogP contribution in [0.3, 0.4) is 0 Å². The molecule has 2 amide bonds. The van der Waals surface area contributed by atoms with Crippen LogP contribution >= 0.6 is 11.8 Å². The van der Waals surface area contributed by atoms with Crippen molar-refractivity contribution in [2.24, 2.45) is 0 Å². The zero-order valence-corrected chi connectivity index (χ0v) is 13.5. The lowest BCUT2D eigenvalue weighted by molar-refractivity contribution is -0.121. The minimum Gasteiger partial charge on any atom is -0.378 e. The first kappa shape index (κ1) is 15.1. The number of nitrogens with zero attached hydrogens (tertiary/aromatic N) is 2. The van der Waals surface area contributed by atoms with E-state index in [0.29, 0.717) is 4.91 Å². The number of hydrogen-bond acceptors (Lipinski definition) is 5. The highest BCUT2D eigenvalue weighted by atomic mass is 32.2. The normalized spacial score (nSPS) is 21.1. The van der Waals surface area contributed by atoms with Gasteiger partial charge in [-0.25, -0.2) is 0 Å². The van der Waals surface area contributed by atoms with Crippen molar-refractivity contribution in [3.63, 3.8) is 0 Å². The maximum Gasteiger partial charge on any atom is 0.293 e. The Balaban J connectivity index is 1.84. The highest BCUT2D eigenvalue weighted by molar-refractivity contribution is 8.18. The number of thioether (sulfide) groups is 1. The van der Waals surface area contributed by atoms with E-state index in [-0.39, 0.29) is 11.1 Å². The van der Waals surface area contributed by atoms with E-state index >= 15 is 0 Å². The van der Waals surface area contributed by atoms with Crippen molar-refractivity contribution in [2.45, 2.75) is 6.92 Å². The lowest BCUT2D eigenvalue weighted by Crippen LogP contribution is -2.36. The second kappa shape index (κ2) is 6.14. The van der Waals surface area contributed by atoms with E-state index in [0.717, 1.165) is 54.1 Å². The summed E-state index contributed by atoms with van der Waals surface area (Å²) in [5.41, 5.74) is 3.23. The standard InChI is InChI=1S/C16H18N2O3S/c1-11-9-13(18-5-7-21-8-6-18)4-3-12(11)10-14-15(19)17(2)16(20)22-14/h3-4,9-10H,5-8H2,1-2H3. The third-order valence-electron chi connectivity index (χ3n) is 3.90. The third-order valence-corrected chi connectivity index (χ3v) is 4.86. The quantitative estimate of drug-likeness (QED) is 0.784. The van der Waals surface area contributed by atoms with Gasteiger partial charge >= 0.3 is 0 Å². The fourth-order valence-electron chi connectivity index (χ4n) is 2.53. The van der Waals surface area contributed by atoms with Gasteiger partial charge in [-0.2, -0.15) is 0 Å². The summed E-state index contributed by atoms with van der Waals surface area (Å²) in [6.07, 6.45) is 1.80. The van der Waals surface area contributed by atoms with Crippen LogP contribution in [0, 0.1) is 6.92 Å². The van der Waals surface area contributed by atoms with E-state index in [9.17, 15) is 9.59 Å². The molecule has 2 aliphatic heterocycles. The molecule has 0 aliphatic carbocycles. The maximum absolute atomic E-state index is 11.9. The lowest BCUT2D eigenvalue weighted by Gasteiger charge is -2.29. The van der Waals surface area contributed by atoms with Crippen LogP contribution in [0.25, 0.3) is 6.08 Å². The Labute approximate surface area is 133 Å². The van der Waals surface area contributed by atoms with Gasteiger partial charge in [0.05, 0.1) is 18.1 Å². The summed E-state index contributed by atoms with van der Waals surface area (Å²) >= 11 is 0.989. The van der Waals surface area contributed by atoms with Crippen LogP contribution in [0.4, 0.5) is 10.5 Å². The van der Waals surface area contributed by atoms with Crippen molar-refractivity contribution in [3.05, 3.63) is 34.2 Å². The van der Waals surface area contributed by atoms with E-state index in [1.165, 1.54) is 12.7 Å². The number of imide groups is 1. The number of aryl methyl sites for hydroxylation is 1. The van der Waals surface area contributed by atoms with E-state index in [1.807, 2.05) is 13.0 Å². The largest absolute Gasteiger partial charge is 0.378 e. The Morgan fingerprint density at radius 2 is 1.95 bits per heavy atom. The summed E-state index contributed by atoms with van der Waals surface area (Å²) in [5, 5.41) is -0.223. The maximum atomic E-state index is 11.9. The van der Waals surface area contributed by atoms with Crippen molar-refractivity contribution in [1.29, 1.82) is 0 Å². The number of amides is 2. The highest BCUT2D eigenvalue weighted by Crippen LogP contribution is 2.32. The smallest absolute Gasteiger partial charge is 0.293 e. The van der Waals surface area contributed by atoms with Crippen LogP contribution < -0.4 is 4.90 Å². The van der Waals surface area contributed by atoms with E-state index in [2.05, 4.69) is 17.0 Å². The van der Waals surface area contributed by atoms with Crippen LogP contribution in [0.2, 0.25) is 0 Å². The van der Waals surface area contributed by atoms with Crippen LogP contribution in [0.1, 0.15) is 11.1 Å². The SMILES string of the molecule is Cc1cc(N2CCOCC2)ccc1C=C1SC(=O)N(C)C1=O. The Hall–Kier alpha value is -1.79. The van der Waals surface area contributed by atoms with Gasteiger partial charge in [-0.1, -0.05) is 6.07 Å². The summed E-state index contributed by atoms with van der Waals surface area (Å²) in [5.74, 6) is -0.230. The molecule has 0 spiro atoms. The Morgan fingerprint density at radius 1 is 1.23 bits per heavy atom. The molecule has 2 aliphatic rings. The number of carbonyl (C=O) groups excluding carboxylic acids is 2. The molecule has 22 heavy (non-hydrogen) atoms. The fourth-order valence-corrected chi connectivity index (χ4v) is 3.34. The molecule has 6 heteroatoms. The van der Waals surface area contributed by atoms with E-state index < -0.39 is 0 Å². The number of benzene rings is 1. The van der Waals surface area contributed by atoms with E-state index in [4.69, 9.17) is 4.74 Å². The minimum atomic E-state index is -0.230. The average Bonchev–Trinajstić information content (AvgIpc) is 2.77. The molecule has 5 nitrogen and oxygen atoms in total. The molecule has 2 heterocycles. The number of likely N-dealkylation sites (N-methyl/N-ethyl adjacent to an activating group) is 1. The second-order valence-corrected chi connectivity index (χ2v) is 6.37. The number of hydrogen-bond donors (Lipinski definition) is 0.